The van der Waals surface area contributed by atoms with Gasteiger partial charge in [0.05, 0.1) is 0 Å². The van der Waals surface area contributed by atoms with Crippen LogP contribution >= 0.6 is 0 Å². The molecular weight excluding hydrogens is 270 g/mol. The second kappa shape index (κ2) is 9.39. The molecular formula is C15H19N3O3. The summed E-state index contributed by atoms with van der Waals surface area (Å²) in [4.78, 5) is 11.8. The predicted molar refractivity (Wildman–Crippen MR) is 79.5 cm³/mol. The van der Waals surface area contributed by atoms with Crippen LogP contribution in [0.3, 0.4) is 0 Å². The fourth-order valence-electron chi connectivity index (χ4n) is 1.52. The number of hydrogen-bond acceptors (Lipinski definition) is 5. The number of amides is 1. The van der Waals surface area contributed by atoms with E-state index in [0.717, 1.165) is 0 Å². The maximum atomic E-state index is 11.8. The fraction of sp³-hybridized carbons (Fsp3) is 0.333. The lowest BCUT2D eigenvalue weighted by Gasteiger charge is -2.05. The Balaban J connectivity index is 2.47. The highest BCUT2D eigenvalue weighted by atomic mass is 16.5. The number of phenols is 1. The molecule has 0 spiro atoms. The normalized spacial score (nSPS) is 10.8. The number of carbonyl (C=O) groups excluding carboxylic acids is 1. The molecule has 1 aromatic carbocycles. The molecule has 0 aromatic heterocycles. The fourth-order valence-corrected chi connectivity index (χ4v) is 1.52. The number of carbonyl (C=O) groups is 1. The first-order chi connectivity index (χ1) is 10.2. The maximum Gasteiger partial charge on any atom is 0.263 e. The number of nitrogens with one attached hydrogen (secondary N) is 2. The maximum absolute atomic E-state index is 11.8. The molecule has 3 N–H and O–H groups in total. The van der Waals surface area contributed by atoms with Gasteiger partial charge in [0.1, 0.15) is 17.4 Å². The van der Waals surface area contributed by atoms with Crippen LogP contribution in [0.1, 0.15) is 13.3 Å². The lowest BCUT2D eigenvalue weighted by molar-refractivity contribution is -0.117. The van der Waals surface area contributed by atoms with Gasteiger partial charge in [-0.3, -0.25) is 4.79 Å². The third kappa shape index (κ3) is 6.45. The summed E-state index contributed by atoms with van der Waals surface area (Å²) >= 11 is 0. The van der Waals surface area contributed by atoms with Gasteiger partial charge in [0, 0.05) is 37.7 Å². The second-order valence-electron chi connectivity index (χ2n) is 4.17. The summed E-state index contributed by atoms with van der Waals surface area (Å²) in [6.45, 7) is 3.57. The molecule has 0 aliphatic heterocycles. The Morgan fingerprint density at radius 3 is 3.00 bits per heavy atom. The van der Waals surface area contributed by atoms with Crippen molar-refractivity contribution in [2.24, 2.45) is 0 Å². The molecule has 0 saturated heterocycles. The van der Waals surface area contributed by atoms with Gasteiger partial charge in [-0.15, -0.1) is 0 Å². The molecule has 6 heteroatoms. The number of nitrogens with zero attached hydrogens (tertiary/aromatic N) is 1. The molecule has 0 aliphatic rings. The molecule has 0 aliphatic carbocycles. The Labute approximate surface area is 124 Å². The highest BCUT2D eigenvalue weighted by Gasteiger charge is 2.07. The first-order valence-electron chi connectivity index (χ1n) is 6.69. The van der Waals surface area contributed by atoms with E-state index < -0.39 is 5.91 Å². The summed E-state index contributed by atoms with van der Waals surface area (Å²) in [5.74, 6) is -0.339. The van der Waals surface area contributed by atoms with E-state index in [2.05, 4.69) is 10.6 Å². The highest BCUT2D eigenvalue weighted by molar-refractivity contribution is 5.97. The first-order valence-corrected chi connectivity index (χ1v) is 6.69. The molecule has 1 rings (SSSR count). The summed E-state index contributed by atoms with van der Waals surface area (Å²) in [6.07, 6.45) is 2.00. The zero-order valence-electron chi connectivity index (χ0n) is 11.9. The monoisotopic (exact) mass is 289 g/mol. The molecule has 0 unspecified atom stereocenters. The van der Waals surface area contributed by atoms with Gasteiger partial charge in [-0.25, -0.2) is 0 Å². The van der Waals surface area contributed by atoms with Crippen molar-refractivity contribution in [3.8, 4) is 11.8 Å². The topological polar surface area (TPSA) is 94.4 Å². The molecule has 21 heavy (non-hydrogen) atoms. The standard InChI is InChI=1S/C15H19N3O3/c1-2-21-8-4-7-17-15(20)12(10-16)11-18-13-5-3-6-14(19)9-13/h3,5-6,9,11,18-19H,2,4,7-8H2,1H3,(H,17,20)/b12-11-. The van der Waals surface area contributed by atoms with Gasteiger partial charge in [-0.1, -0.05) is 6.07 Å². The molecule has 112 valence electrons. The van der Waals surface area contributed by atoms with Crippen LogP contribution in [0.4, 0.5) is 5.69 Å². The number of phenolic OH excluding ortho intramolecular Hbond substituents is 1. The van der Waals surface area contributed by atoms with E-state index in [0.29, 0.717) is 31.9 Å². The quantitative estimate of drug-likeness (QED) is 0.385. The van der Waals surface area contributed by atoms with Crippen molar-refractivity contribution < 1.29 is 14.6 Å². The van der Waals surface area contributed by atoms with E-state index in [9.17, 15) is 9.90 Å². The number of nitriles is 1. The third-order valence-corrected chi connectivity index (χ3v) is 2.55. The average molecular weight is 289 g/mol. The van der Waals surface area contributed by atoms with Gasteiger partial charge in [-0.05, 0) is 25.5 Å². The van der Waals surface area contributed by atoms with E-state index >= 15 is 0 Å². The first kappa shape index (κ1) is 16.5. The molecule has 0 saturated carbocycles. The van der Waals surface area contributed by atoms with Gasteiger partial charge >= 0.3 is 0 Å². The van der Waals surface area contributed by atoms with Crippen LogP contribution in [0.15, 0.2) is 36.0 Å². The Hall–Kier alpha value is -2.52. The predicted octanol–water partition coefficient (Wildman–Crippen LogP) is 1.75. The lowest BCUT2D eigenvalue weighted by atomic mass is 10.2. The molecule has 0 heterocycles. The van der Waals surface area contributed by atoms with Gasteiger partial charge in [0.25, 0.3) is 5.91 Å². The minimum absolute atomic E-state index is 0.0326. The van der Waals surface area contributed by atoms with Crippen molar-refractivity contribution in [2.45, 2.75) is 13.3 Å². The summed E-state index contributed by atoms with van der Waals surface area (Å²) in [5, 5.41) is 23.7. The van der Waals surface area contributed by atoms with Crippen LogP contribution in [0, 0.1) is 11.3 Å². The number of anilines is 1. The summed E-state index contributed by atoms with van der Waals surface area (Å²) < 4.78 is 5.15. The molecule has 0 atom stereocenters. The second-order valence-corrected chi connectivity index (χ2v) is 4.17. The van der Waals surface area contributed by atoms with Gasteiger partial charge in [-0.2, -0.15) is 5.26 Å². The average Bonchev–Trinajstić information content (AvgIpc) is 2.48. The van der Waals surface area contributed by atoms with Crippen molar-refractivity contribution in [3.63, 3.8) is 0 Å². The van der Waals surface area contributed by atoms with Crippen LogP contribution in [-0.2, 0) is 9.53 Å². The van der Waals surface area contributed by atoms with Crippen LogP contribution in [0.5, 0.6) is 5.75 Å². The largest absolute Gasteiger partial charge is 0.508 e. The van der Waals surface area contributed by atoms with Crippen LogP contribution in [0.25, 0.3) is 0 Å². The Bertz CT molecular complexity index is 535. The highest BCUT2D eigenvalue weighted by Crippen LogP contribution is 2.15. The number of aromatic hydroxyl groups is 1. The third-order valence-electron chi connectivity index (χ3n) is 2.55. The van der Waals surface area contributed by atoms with E-state index in [1.165, 1.54) is 18.3 Å². The van der Waals surface area contributed by atoms with Gasteiger partial charge < -0.3 is 20.5 Å². The van der Waals surface area contributed by atoms with Crippen LogP contribution in [0.2, 0.25) is 0 Å². The molecule has 6 nitrogen and oxygen atoms in total. The molecule has 1 aromatic rings. The molecule has 0 bridgehead atoms. The van der Waals surface area contributed by atoms with E-state index in [4.69, 9.17) is 10.00 Å². The zero-order chi connectivity index (χ0) is 15.5. The van der Waals surface area contributed by atoms with Crippen molar-refractivity contribution in [1.29, 1.82) is 5.26 Å². The minimum Gasteiger partial charge on any atom is -0.508 e. The van der Waals surface area contributed by atoms with Crippen molar-refractivity contribution in [2.75, 3.05) is 25.1 Å². The van der Waals surface area contributed by atoms with Crippen molar-refractivity contribution in [3.05, 3.63) is 36.0 Å². The van der Waals surface area contributed by atoms with Gasteiger partial charge in [0.15, 0.2) is 0 Å². The molecule has 1 amide bonds. The number of benzene rings is 1. The number of hydrogen-bond donors (Lipinski definition) is 3. The minimum atomic E-state index is -0.443. The smallest absolute Gasteiger partial charge is 0.263 e. The Morgan fingerprint density at radius 2 is 2.33 bits per heavy atom. The zero-order valence-corrected chi connectivity index (χ0v) is 11.9. The number of ether oxygens (including phenoxy) is 1. The Kier molecular flexibility index (Phi) is 7.40. The summed E-state index contributed by atoms with van der Waals surface area (Å²) in [7, 11) is 0. The number of rotatable bonds is 8. The molecule has 0 radical (unpaired) electrons. The van der Waals surface area contributed by atoms with E-state index in [-0.39, 0.29) is 11.3 Å². The van der Waals surface area contributed by atoms with Crippen LogP contribution in [-0.4, -0.2) is 30.8 Å². The van der Waals surface area contributed by atoms with E-state index in [1.807, 2.05) is 13.0 Å². The van der Waals surface area contributed by atoms with Crippen molar-refractivity contribution >= 4 is 11.6 Å². The summed E-state index contributed by atoms with van der Waals surface area (Å²) in [5.41, 5.74) is 0.557. The van der Waals surface area contributed by atoms with Crippen LogP contribution < -0.4 is 10.6 Å². The lowest BCUT2D eigenvalue weighted by Crippen LogP contribution is -2.26. The molecule has 0 fully saturated rings. The van der Waals surface area contributed by atoms with E-state index in [1.54, 1.807) is 12.1 Å². The van der Waals surface area contributed by atoms with Crippen molar-refractivity contribution in [1.82, 2.24) is 5.32 Å². The van der Waals surface area contributed by atoms with Gasteiger partial charge in [0.2, 0.25) is 0 Å². The summed E-state index contributed by atoms with van der Waals surface area (Å²) in [6, 6.07) is 8.23. The SMILES string of the molecule is CCOCCCNC(=O)/C(C#N)=C\Nc1cccc(O)c1. The Morgan fingerprint density at radius 1 is 1.52 bits per heavy atom.